The Kier molecular flexibility index (Phi) is 1.82. The smallest absolute Gasteiger partial charge is 0.336 e. The molecule has 2 aromatic rings. The van der Waals surface area contributed by atoms with Gasteiger partial charge in [0, 0.05) is 29.0 Å². The molecule has 2 heterocycles. The molecule has 0 aliphatic carbocycles. The van der Waals surface area contributed by atoms with Crippen molar-refractivity contribution in [2.24, 2.45) is 0 Å². The Balaban J connectivity index is 2.38. The molecule has 1 unspecified atom stereocenters. The summed E-state index contributed by atoms with van der Waals surface area (Å²) in [4.78, 5) is 11.1. The second kappa shape index (κ2) is 3.09. The van der Waals surface area contributed by atoms with Crippen LogP contribution < -0.4 is 10.4 Å². The number of rotatable bonds is 0. The van der Waals surface area contributed by atoms with E-state index in [2.05, 4.69) is 0 Å². The zero-order valence-corrected chi connectivity index (χ0v) is 8.69. The van der Waals surface area contributed by atoms with E-state index in [1.807, 2.05) is 13.0 Å². The number of fused-ring (bicyclic) bond motifs is 2. The summed E-state index contributed by atoms with van der Waals surface area (Å²) in [6.07, 6.45) is -0.317. The van der Waals surface area contributed by atoms with Gasteiger partial charge in [-0.2, -0.15) is 0 Å². The molecule has 1 aliphatic heterocycles. The van der Waals surface area contributed by atoms with E-state index in [1.165, 1.54) is 6.07 Å². The van der Waals surface area contributed by atoms with Gasteiger partial charge in [-0.25, -0.2) is 4.79 Å². The second-order valence-corrected chi connectivity index (χ2v) is 3.94. The Morgan fingerprint density at radius 1 is 1.44 bits per heavy atom. The molecule has 4 heteroatoms. The van der Waals surface area contributed by atoms with Crippen molar-refractivity contribution in [1.29, 1.82) is 0 Å². The molecule has 1 aliphatic rings. The van der Waals surface area contributed by atoms with Gasteiger partial charge in [0.15, 0.2) is 0 Å². The van der Waals surface area contributed by atoms with E-state index < -0.39 is 6.29 Å². The zero-order valence-electron chi connectivity index (χ0n) is 8.69. The Bertz CT molecular complexity index is 627. The summed E-state index contributed by atoms with van der Waals surface area (Å²) in [5.74, 6) is 0.634. The van der Waals surface area contributed by atoms with Crippen LogP contribution in [-0.4, -0.2) is 11.4 Å². The molecule has 0 fully saturated rings. The van der Waals surface area contributed by atoms with Gasteiger partial charge in [-0.3, -0.25) is 0 Å². The van der Waals surface area contributed by atoms with Crippen LogP contribution in [0.15, 0.2) is 27.4 Å². The molecule has 0 radical (unpaired) electrons. The Hall–Kier alpha value is -1.81. The summed E-state index contributed by atoms with van der Waals surface area (Å²) in [5.41, 5.74) is 1.86. The maximum atomic E-state index is 11.1. The first-order valence-electron chi connectivity index (χ1n) is 5.06. The van der Waals surface area contributed by atoms with Crippen LogP contribution in [0.3, 0.4) is 0 Å². The fourth-order valence-corrected chi connectivity index (χ4v) is 2.11. The molecule has 82 valence electrons. The second-order valence-electron chi connectivity index (χ2n) is 3.94. The van der Waals surface area contributed by atoms with Crippen LogP contribution in [0.4, 0.5) is 0 Å². The van der Waals surface area contributed by atoms with Crippen LogP contribution in [0, 0.1) is 6.92 Å². The lowest BCUT2D eigenvalue weighted by molar-refractivity contribution is 0.00178. The highest BCUT2D eigenvalue weighted by molar-refractivity contribution is 5.83. The fraction of sp³-hybridized carbons (Fsp3) is 0.250. The van der Waals surface area contributed by atoms with Gasteiger partial charge in [0.05, 0.1) is 0 Å². The largest absolute Gasteiger partial charge is 0.464 e. The van der Waals surface area contributed by atoms with Crippen molar-refractivity contribution in [3.8, 4) is 5.75 Å². The quantitative estimate of drug-likeness (QED) is 0.678. The summed E-state index contributed by atoms with van der Waals surface area (Å²) in [6, 6.07) is 5.00. The summed E-state index contributed by atoms with van der Waals surface area (Å²) in [5, 5.41) is 10.3. The van der Waals surface area contributed by atoms with Gasteiger partial charge in [-0.1, -0.05) is 0 Å². The average Bonchev–Trinajstić information content (AvgIpc) is 2.61. The number of hydrogen-bond donors (Lipinski definition) is 1. The molecular formula is C12H10O4. The Labute approximate surface area is 91.1 Å². The number of aliphatic hydroxyl groups is 1. The van der Waals surface area contributed by atoms with Crippen molar-refractivity contribution in [3.05, 3.63) is 39.7 Å². The maximum absolute atomic E-state index is 11.1. The molecule has 1 atom stereocenters. The predicted octanol–water partition coefficient (Wildman–Crippen LogP) is 1.35. The Morgan fingerprint density at radius 3 is 3.06 bits per heavy atom. The summed E-state index contributed by atoms with van der Waals surface area (Å²) >= 11 is 0. The van der Waals surface area contributed by atoms with E-state index in [0.717, 1.165) is 16.5 Å². The molecule has 0 bridgehead atoms. The third-order valence-corrected chi connectivity index (χ3v) is 2.81. The lowest BCUT2D eigenvalue weighted by atomic mass is 10.0. The minimum absolute atomic E-state index is 0.380. The molecule has 0 amide bonds. The summed E-state index contributed by atoms with van der Waals surface area (Å²) in [7, 11) is 0. The van der Waals surface area contributed by atoms with Crippen molar-refractivity contribution in [2.75, 3.05) is 0 Å². The van der Waals surface area contributed by atoms with Gasteiger partial charge in [0.25, 0.3) is 0 Å². The van der Waals surface area contributed by atoms with E-state index >= 15 is 0 Å². The first-order chi connectivity index (χ1) is 7.65. The van der Waals surface area contributed by atoms with Gasteiger partial charge >= 0.3 is 5.63 Å². The molecular weight excluding hydrogens is 208 g/mol. The molecule has 16 heavy (non-hydrogen) atoms. The Morgan fingerprint density at radius 2 is 2.25 bits per heavy atom. The number of aliphatic hydroxyl groups excluding tert-OH is 1. The molecule has 4 nitrogen and oxygen atoms in total. The van der Waals surface area contributed by atoms with Crippen LogP contribution in [0.1, 0.15) is 11.1 Å². The van der Waals surface area contributed by atoms with E-state index in [9.17, 15) is 9.90 Å². The minimum Gasteiger partial charge on any atom is -0.464 e. The van der Waals surface area contributed by atoms with Crippen LogP contribution in [0.25, 0.3) is 11.0 Å². The normalized spacial score (nSPS) is 18.5. The van der Waals surface area contributed by atoms with Crippen molar-refractivity contribution >= 4 is 11.0 Å². The summed E-state index contributed by atoms with van der Waals surface area (Å²) < 4.78 is 10.4. The predicted molar refractivity (Wildman–Crippen MR) is 57.6 cm³/mol. The van der Waals surface area contributed by atoms with Crippen LogP contribution >= 0.6 is 0 Å². The van der Waals surface area contributed by atoms with E-state index in [-0.39, 0.29) is 5.63 Å². The monoisotopic (exact) mass is 218 g/mol. The summed E-state index contributed by atoms with van der Waals surface area (Å²) in [6.45, 7) is 1.82. The van der Waals surface area contributed by atoms with Gasteiger partial charge < -0.3 is 14.3 Å². The van der Waals surface area contributed by atoms with Gasteiger partial charge in [0.1, 0.15) is 11.3 Å². The first-order valence-corrected chi connectivity index (χ1v) is 5.06. The van der Waals surface area contributed by atoms with Crippen molar-refractivity contribution in [2.45, 2.75) is 19.6 Å². The third kappa shape index (κ3) is 1.23. The van der Waals surface area contributed by atoms with Crippen molar-refractivity contribution in [1.82, 2.24) is 0 Å². The molecule has 0 saturated heterocycles. The highest BCUT2D eigenvalue weighted by Gasteiger charge is 2.24. The van der Waals surface area contributed by atoms with Crippen LogP contribution in [0.5, 0.6) is 5.75 Å². The molecule has 1 N–H and O–H groups in total. The number of ether oxygens (including phenoxy) is 1. The third-order valence-electron chi connectivity index (χ3n) is 2.81. The molecule has 3 rings (SSSR count). The number of aryl methyl sites for hydroxylation is 1. The van der Waals surface area contributed by atoms with E-state index in [0.29, 0.717) is 17.8 Å². The average molecular weight is 218 g/mol. The lowest BCUT2D eigenvalue weighted by Crippen LogP contribution is -2.10. The van der Waals surface area contributed by atoms with Gasteiger partial charge in [-0.15, -0.1) is 0 Å². The molecule has 0 spiro atoms. The number of hydrogen-bond acceptors (Lipinski definition) is 4. The topological polar surface area (TPSA) is 59.7 Å². The van der Waals surface area contributed by atoms with Crippen LogP contribution in [-0.2, 0) is 6.42 Å². The van der Waals surface area contributed by atoms with E-state index in [4.69, 9.17) is 9.15 Å². The zero-order chi connectivity index (χ0) is 11.3. The molecule has 1 aromatic heterocycles. The number of benzene rings is 1. The maximum Gasteiger partial charge on any atom is 0.336 e. The van der Waals surface area contributed by atoms with Gasteiger partial charge in [0.2, 0.25) is 6.29 Å². The van der Waals surface area contributed by atoms with Gasteiger partial charge in [-0.05, 0) is 19.1 Å². The molecule has 1 aromatic carbocycles. The first kappa shape index (κ1) is 9.42. The van der Waals surface area contributed by atoms with Crippen LogP contribution in [0.2, 0.25) is 0 Å². The highest BCUT2D eigenvalue weighted by Crippen LogP contribution is 2.36. The van der Waals surface area contributed by atoms with E-state index in [1.54, 1.807) is 6.07 Å². The minimum atomic E-state index is -0.794. The SMILES string of the molecule is Cc1c2c(cc3ccc(=O)oc13)CC(O)O2. The molecule has 0 saturated carbocycles. The van der Waals surface area contributed by atoms with Crippen molar-refractivity contribution < 1.29 is 14.3 Å². The standard InChI is InChI=1S/C12H10O4/c1-6-11-7(2-3-9(13)15-11)4-8-5-10(14)16-12(6)8/h2-4,10,14H,5H2,1H3. The fourth-order valence-electron chi connectivity index (χ4n) is 2.11. The highest BCUT2D eigenvalue weighted by atomic mass is 16.6. The lowest BCUT2D eigenvalue weighted by Gasteiger charge is -2.06. The van der Waals surface area contributed by atoms with Crippen molar-refractivity contribution in [3.63, 3.8) is 0 Å².